The van der Waals surface area contributed by atoms with Crippen LogP contribution in [0.5, 0.6) is 0 Å². The van der Waals surface area contributed by atoms with Gasteiger partial charge in [0.05, 0.1) is 33.5 Å². The molecule has 0 radical (unpaired) electrons. The Hall–Kier alpha value is -6.78. The highest BCUT2D eigenvalue weighted by molar-refractivity contribution is 6.19. The van der Waals surface area contributed by atoms with E-state index in [0.29, 0.717) is 0 Å². The summed E-state index contributed by atoms with van der Waals surface area (Å²) in [7, 11) is 0. The lowest BCUT2D eigenvalue weighted by atomic mass is 9.81. The summed E-state index contributed by atoms with van der Waals surface area (Å²) < 4.78 is 4.81. The number of benzene rings is 7. The van der Waals surface area contributed by atoms with E-state index >= 15 is 0 Å². The van der Waals surface area contributed by atoms with Crippen molar-refractivity contribution < 1.29 is 0 Å². The van der Waals surface area contributed by atoms with Gasteiger partial charge in [0.1, 0.15) is 0 Å². The molecular weight excluding hydrogens is 645 g/mol. The van der Waals surface area contributed by atoms with Crippen molar-refractivity contribution in [3.63, 3.8) is 0 Å². The van der Waals surface area contributed by atoms with Crippen LogP contribution >= 0.6 is 0 Å². The highest BCUT2D eigenvalue weighted by Crippen LogP contribution is 2.51. The Kier molecular flexibility index (Phi) is 6.27. The first kappa shape index (κ1) is 29.9. The van der Waals surface area contributed by atoms with E-state index in [2.05, 4.69) is 187 Å². The van der Waals surface area contributed by atoms with Crippen LogP contribution in [0.2, 0.25) is 0 Å². The van der Waals surface area contributed by atoms with E-state index < -0.39 is 0 Å². The predicted octanol–water partition coefficient (Wildman–Crippen LogP) is 12.3. The minimum absolute atomic E-state index is 0.245. The van der Waals surface area contributed by atoms with E-state index in [1.165, 1.54) is 60.3 Å². The first-order valence-electron chi connectivity index (χ1n) is 18.3. The minimum Gasteiger partial charge on any atom is -0.309 e. The van der Waals surface area contributed by atoms with Gasteiger partial charge in [0.2, 0.25) is 0 Å². The predicted molar refractivity (Wildman–Crippen MR) is 219 cm³/mol. The number of hydrogen-bond donors (Lipinski definition) is 0. The summed E-state index contributed by atoms with van der Waals surface area (Å²) in [5.74, 6) is 0.746. The van der Waals surface area contributed by atoms with Crippen LogP contribution in [0.4, 0.5) is 0 Å². The first-order valence-corrected chi connectivity index (χ1v) is 18.3. The molecular formula is C49H34N4. The molecule has 0 saturated heterocycles. The van der Waals surface area contributed by atoms with Gasteiger partial charge in [-0.05, 0) is 54.1 Å². The second kappa shape index (κ2) is 11.1. The van der Waals surface area contributed by atoms with Crippen molar-refractivity contribution in [1.29, 1.82) is 0 Å². The van der Waals surface area contributed by atoms with E-state index in [0.717, 1.165) is 39.7 Å². The fourth-order valence-electron chi connectivity index (χ4n) is 8.87. The standard InChI is InChI=1S/C49H34N4/c1-49(2)40-22-12-9-21-37(40)47-45(49)46(50-48(51-47)32-15-5-3-6-16-32)31-25-27-34(28-26-31)53-42-24-14-11-20-36(42)39-29-38-35-19-10-13-23-41(35)52(43(38)30-44(39)53)33-17-7-4-8-18-33/h3-30H,1-2H3. The van der Waals surface area contributed by atoms with Gasteiger partial charge >= 0.3 is 0 Å². The second-order valence-corrected chi connectivity index (χ2v) is 14.6. The average Bonchev–Trinajstić information content (AvgIpc) is 3.80. The van der Waals surface area contributed by atoms with Gasteiger partial charge < -0.3 is 9.13 Å². The number of fused-ring (bicyclic) bond motifs is 9. The van der Waals surface area contributed by atoms with E-state index in [-0.39, 0.29) is 5.41 Å². The monoisotopic (exact) mass is 678 g/mol. The zero-order chi connectivity index (χ0) is 35.3. The Balaban J connectivity index is 1.14. The Bertz CT molecular complexity index is 3060. The Labute approximate surface area is 307 Å². The molecule has 1 aliphatic carbocycles. The molecule has 0 aliphatic heterocycles. The summed E-state index contributed by atoms with van der Waals surface area (Å²) in [5.41, 5.74) is 14.5. The molecule has 0 unspecified atom stereocenters. The largest absolute Gasteiger partial charge is 0.309 e. The molecule has 11 rings (SSSR count). The van der Waals surface area contributed by atoms with Crippen LogP contribution in [0, 0.1) is 0 Å². The van der Waals surface area contributed by atoms with Gasteiger partial charge in [0.15, 0.2) is 5.82 Å². The third kappa shape index (κ3) is 4.30. The van der Waals surface area contributed by atoms with Crippen molar-refractivity contribution in [3.8, 4) is 45.3 Å². The molecule has 250 valence electrons. The molecule has 3 heterocycles. The number of rotatable bonds is 4. The molecule has 0 N–H and O–H groups in total. The average molecular weight is 679 g/mol. The van der Waals surface area contributed by atoms with Gasteiger partial charge in [-0.25, -0.2) is 9.97 Å². The van der Waals surface area contributed by atoms with Crippen molar-refractivity contribution in [1.82, 2.24) is 19.1 Å². The third-order valence-corrected chi connectivity index (χ3v) is 11.3. The molecule has 0 saturated carbocycles. The van der Waals surface area contributed by atoms with E-state index in [1.54, 1.807) is 0 Å². The van der Waals surface area contributed by atoms with Crippen molar-refractivity contribution in [2.45, 2.75) is 19.3 Å². The molecule has 0 spiro atoms. The summed E-state index contributed by atoms with van der Waals surface area (Å²) in [6.45, 7) is 4.60. The van der Waals surface area contributed by atoms with Gasteiger partial charge in [0, 0.05) is 60.6 Å². The summed E-state index contributed by atoms with van der Waals surface area (Å²) in [6, 6.07) is 61.0. The molecule has 0 bridgehead atoms. The molecule has 1 aliphatic rings. The maximum Gasteiger partial charge on any atom is 0.160 e. The Morgan fingerprint density at radius 3 is 1.60 bits per heavy atom. The maximum atomic E-state index is 5.33. The fourth-order valence-corrected chi connectivity index (χ4v) is 8.87. The fraction of sp³-hybridized carbons (Fsp3) is 0.0612. The molecule has 3 aromatic heterocycles. The van der Waals surface area contributed by atoms with Gasteiger partial charge in [-0.3, -0.25) is 0 Å². The first-order chi connectivity index (χ1) is 26.1. The van der Waals surface area contributed by atoms with Gasteiger partial charge in [-0.2, -0.15) is 0 Å². The number of hydrogen-bond acceptors (Lipinski definition) is 2. The molecule has 4 nitrogen and oxygen atoms in total. The lowest BCUT2D eigenvalue weighted by molar-refractivity contribution is 0.658. The molecule has 7 aromatic carbocycles. The molecule has 10 aromatic rings. The normalized spacial score (nSPS) is 13.2. The summed E-state index contributed by atoms with van der Waals surface area (Å²) in [4.78, 5) is 10.6. The Morgan fingerprint density at radius 2 is 0.943 bits per heavy atom. The maximum absolute atomic E-state index is 5.33. The van der Waals surface area contributed by atoms with Crippen LogP contribution in [0.1, 0.15) is 25.0 Å². The van der Waals surface area contributed by atoms with Crippen LogP contribution < -0.4 is 0 Å². The second-order valence-electron chi connectivity index (χ2n) is 14.6. The van der Waals surface area contributed by atoms with Crippen LogP contribution in [0.15, 0.2) is 170 Å². The van der Waals surface area contributed by atoms with E-state index in [4.69, 9.17) is 9.97 Å². The lowest BCUT2D eigenvalue weighted by Gasteiger charge is -2.24. The van der Waals surface area contributed by atoms with Crippen molar-refractivity contribution in [2.24, 2.45) is 0 Å². The van der Waals surface area contributed by atoms with Crippen LogP contribution in [0.3, 0.4) is 0 Å². The van der Waals surface area contributed by atoms with E-state index in [1.807, 2.05) is 6.07 Å². The number of nitrogens with zero attached hydrogens (tertiary/aromatic N) is 4. The van der Waals surface area contributed by atoms with Gasteiger partial charge in [-0.15, -0.1) is 0 Å². The van der Waals surface area contributed by atoms with Crippen molar-refractivity contribution >= 4 is 43.6 Å². The zero-order valence-corrected chi connectivity index (χ0v) is 29.5. The van der Waals surface area contributed by atoms with Crippen LogP contribution in [-0.2, 0) is 5.41 Å². The molecule has 0 amide bonds. The van der Waals surface area contributed by atoms with Crippen LogP contribution in [-0.4, -0.2) is 19.1 Å². The number of para-hydroxylation sites is 3. The lowest BCUT2D eigenvalue weighted by Crippen LogP contribution is -2.17. The molecule has 53 heavy (non-hydrogen) atoms. The van der Waals surface area contributed by atoms with Crippen molar-refractivity contribution in [2.75, 3.05) is 0 Å². The summed E-state index contributed by atoms with van der Waals surface area (Å²) in [6.07, 6.45) is 0. The SMILES string of the molecule is CC1(C)c2ccccc2-c2nc(-c3ccccc3)nc(-c3ccc(-n4c5ccccc5c5cc6c7ccccc7n(-c7ccccc7)c6cc54)cc3)c21. The van der Waals surface area contributed by atoms with Gasteiger partial charge in [-0.1, -0.05) is 135 Å². The Morgan fingerprint density at radius 1 is 0.415 bits per heavy atom. The molecule has 4 heteroatoms. The van der Waals surface area contributed by atoms with Crippen LogP contribution in [0.25, 0.3) is 88.9 Å². The van der Waals surface area contributed by atoms with E-state index in [9.17, 15) is 0 Å². The van der Waals surface area contributed by atoms with Gasteiger partial charge in [0.25, 0.3) is 0 Å². The molecule has 0 fully saturated rings. The minimum atomic E-state index is -0.245. The summed E-state index contributed by atoms with van der Waals surface area (Å²) in [5, 5.41) is 5.00. The smallest absolute Gasteiger partial charge is 0.160 e. The highest BCUT2D eigenvalue weighted by Gasteiger charge is 2.40. The highest BCUT2D eigenvalue weighted by atomic mass is 15.0. The summed E-state index contributed by atoms with van der Waals surface area (Å²) >= 11 is 0. The quantitative estimate of drug-likeness (QED) is 0.186. The number of aromatic nitrogens is 4. The topological polar surface area (TPSA) is 35.6 Å². The third-order valence-electron chi connectivity index (χ3n) is 11.3. The molecule has 0 atom stereocenters. The van der Waals surface area contributed by atoms with Crippen molar-refractivity contribution in [3.05, 3.63) is 181 Å². The zero-order valence-electron chi connectivity index (χ0n) is 29.5.